The van der Waals surface area contributed by atoms with E-state index in [0.29, 0.717) is 45.0 Å². The summed E-state index contributed by atoms with van der Waals surface area (Å²) in [7, 11) is 1.54. The molecule has 34 heavy (non-hydrogen) atoms. The smallest absolute Gasteiger partial charge is 0.497 e. The molecule has 1 atom stereocenters. The highest BCUT2D eigenvalue weighted by Gasteiger charge is 2.32. The molecule has 0 saturated carbocycles. The quantitative estimate of drug-likeness (QED) is 0.414. The molecule has 0 aliphatic heterocycles. The van der Waals surface area contributed by atoms with E-state index in [9.17, 15) is 22.8 Å². The highest BCUT2D eigenvalue weighted by atomic mass is 32.1. The van der Waals surface area contributed by atoms with E-state index in [-0.39, 0.29) is 34.9 Å². The van der Waals surface area contributed by atoms with Gasteiger partial charge < -0.3 is 14.5 Å². The molecule has 1 N–H and O–H groups in total. The molecule has 5 rings (SSSR count). The third-order valence-corrected chi connectivity index (χ3v) is 6.63. The van der Waals surface area contributed by atoms with Gasteiger partial charge >= 0.3 is 6.36 Å². The van der Waals surface area contributed by atoms with E-state index in [4.69, 9.17) is 4.74 Å². The Hall–Kier alpha value is -3.66. The monoisotopic (exact) mass is 486 g/mol. The van der Waals surface area contributed by atoms with Gasteiger partial charge in [-0.1, -0.05) is 0 Å². The zero-order valence-electron chi connectivity index (χ0n) is 17.7. The molecule has 1 aliphatic carbocycles. The van der Waals surface area contributed by atoms with Gasteiger partial charge in [0.15, 0.2) is 11.2 Å². The van der Waals surface area contributed by atoms with Crippen LogP contribution in [0.5, 0.6) is 11.5 Å². The number of alkyl halides is 3. The van der Waals surface area contributed by atoms with E-state index < -0.39 is 6.36 Å². The summed E-state index contributed by atoms with van der Waals surface area (Å²) in [6, 6.07) is 10.5. The Kier molecular flexibility index (Phi) is 5.40. The van der Waals surface area contributed by atoms with Crippen LogP contribution in [0.3, 0.4) is 0 Å². The van der Waals surface area contributed by atoms with Crippen molar-refractivity contribution in [1.82, 2.24) is 9.97 Å². The molecule has 10 heteroatoms. The fraction of sp³-hybridized carbons (Fsp3) is 0.208. The summed E-state index contributed by atoms with van der Waals surface area (Å²) in [6.07, 6.45) is -4.17. The SMILES string of the molecule is COc1ccc2c(=O)c3c([nH]c2c1)CC(c1csc(-c2ccc(OC(F)(F)F)cc2)n1)CC3=O. The average molecular weight is 486 g/mol. The van der Waals surface area contributed by atoms with E-state index in [1.165, 1.54) is 42.7 Å². The normalized spacial score (nSPS) is 15.9. The number of pyridine rings is 1. The number of rotatable bonds is 4. The van der Waals surface area contributed by atoms with Crippen molar-refractivity contribution < 1.29 is 27.4 Å². The molecule has 2 aromatic carbocycles. The van der Waals surface area contributed by atoms with E-state index >= 15 is 0 Å². The number of benzene rings is 2. The lowest BCUT2D eigenvalue weighted by molar-refractivity contribution is -0.274. The van der Waals surface area contributed by atoms with Crippen molar-refractivity contribution >= 4 is 28.0 Å². The van der Waals surface area contributed by atoms with E-state index in [2.05, 4.69) is 14.7 Å². The number of aromatic nitrogens is 2. The molecule has 6 nitrogen and oxygen atoms in total. The van der Waals surface area contributed by atoms with Gasteiger partial charge in [-0.25, -0.2) is 4.98 Å². The van der Waals surface area contributed by atoms with Crippen molar-refractivity contribution in [3.05, 3.63) is 75.0 Å². The second kappa shape index (κ2) is 8.28. The van der Waals surface area contributed by atoms with Crippen LogP contribution in [-0.4, -0.2) is 29.2 Å². The number of ketones is 1. The fourth-order valence-electron chi connectivity index (χ4n) is 4.16. The second-order valence-corrected chi connectivity index (χ2v) is 8.76. The molecule has 0 amide bonds. The van der Waals surface area contributed by atoms with Crippen molar-refractivity contribution in [2.45, 2.75) is 25.1 Å². The molecular formula is C24H17F3N2O4S. The minimum absolute atomic E-state index is 0.152. The first-order chi connectivity index (χ1) is 16.2. The van der Waals surface area contributed by atoms with Crippen molar-refractivity contribution in [1.29, 1.82) is 0 Å². The van der Waals surface area contributed by atoms with E-state index in [0.717, 1.165) is 0 Å². The first kappa shape index (κ1) is 22.1. The number of hydrogen-bond donors (Lipinski definition) is 1. The number of nitrogens with one attached hydrogen (secondary N) is 1. The van der Waals surface area contributed by atoms with Gasteiger partial charge in [0.1, 0.15) is 16.5 Å². The van der Waals surface area contributed by atoms with Gasteiger partial charge in [0.2, 0.25) is 0 Å². The molecule has 0 fully saturated rings. The predicted molar refractivity (Wildman–Crippen MR) is 121 cm³/mol. The van der Waals surface area contributed by atoms with Gasteiger partial charge in [0, 0.05) is 40.4 Å². The zero-order valence-corrected chi connectivity index (χ0v) is 18.5. The summed E-state index contributed by atoms with van der Waals surface area (Å²) in [6.45, 7) is 0. The molecule has 2 heterocycles. The number of carbonyl (C=O) groups excluding carboxylic acids is 1. The molecule has 0 spiro atoms. The molecule has 0 saturated heterocycles. The van der Waals surface area contributed by atoms with Crippen LogP contribution in [0.25, 0.3) is 21.5 Å². The predicted octanol–water partition coefficient (Wildman–Crippen LogP) is 5.47. The molecule has 1 aliphatic rings. The third kappa shape index (κ3) is 4.16. The summed E-state index contributed by atoms with van der Waals surface area (Å²) >= 11 is 1.33. The zero-order chi connectivity index (χ0) is 24.0. The summed E-state index contributed by atoms with van der Waals surface area (Å²) in [4.78, 5) is 33.7. The van der Waals surface area contributed by atoms with Gasteiger partial charge in [-0.3, -0.25) is 9.59 Å². The topological polar surface area (TPSA) is 81.3 Å². The number of nitrogens with zero attached hydrogens (tertiary/aromatic N) is 1. The van der Waals surface area contributed by atoms with Crippen LogP contribution in [-0.2, 0) is 6.42 Å². The Labute approximate surface area is 195 Å². The number of Topliss-reactive ketones (excluding diaryl/α,β-unsaturated/α-hetero) is 1. The van der Waals surface area contributed by atoms with Crippen LogP contribution in [0.15, 0.2) is 52.6 Å². The minimum Gasteiger partial charge on any atom is -0.497 e. The summed E-state index contributed by atoms with van der Waals surface area (Å²) in [5.41, 5.74) is 2.38. The summed E-state index contributed by atoms with van der Waals surface area (Å²) in [5.74, 6) is -0.183. The number of H-pyrrole nitrogens is 1. The fourth-order valence-corrected chi connectivity index (χ4v) is 5.06. The van der Waals surface area contributed by atoms with Crippen LogP contribution >= 0.6 is 11.3 Å². The Morgan fingerprint density at radius 1 is 1.06 bits per heavy atom. The lowest BCUT2D eigenvalue weighted by Crippen LogP contribution is -2.27. The van der Waals surface area contributed by atoms with Crippen LogP contribution in [0.1, 0.15) is 34.1 Å². The Morgan fingerprint density at radius 2 is 1.79 bits per heavy atom. The van der Waals surface area contributed by atoms with Crippen LogP contribution in [0.4, 0.5) is 13.2 Å². The molecule has 0 radical (unpaired) electrons. The average Bonchev–Trinajstić information content (AvgIpc) is 3.28. The first-order valence-electron chi connectivity index (χ1n) is 10.3. The number of thiazole rings is 1. The van der Waals surface area contributed by atoms with E-state index in [1.54, 1.807) is 18.2 Å². The van der Waals surface area contributed by atoms with Crippen LogP contribution < -0.4 is 14.9 Å². The van der Waals surface area contributed by atoms with Gasteiger partial charge in [-0.2, -0.15) is 0 Å². The summed E-state index contributed by atoms with van der Waals surface area (Å²) < 4.78 is 46.2. The highest BCUT2D eigenvalue weighted by molar-refractivity contribution is 7.13. The lowest BCUT2D eigenvalue weighted by atomic mass is 9.83. The maximum absolute atomic E-state index is 13.0. The molecule has 2 aromatic heterocycles. The number of halogens is 3. The summed E-state index contributed by atoms with van der Waals surface area (Å²) in [5, 5.41) is 2.88. The van der Waals surface area contributed by atoms with Crippen LogP contribution in [0.2, 0.25) is 0 Å². The van der Waals surface area contributed by atoms with Crippen LogP contribution in [0, 0.1) is 0 Å². The first-order valence-corrected chi connectivity index (χ1v) is 11.2. The van der Waals surface area contributed by atoms with E-state index in [1.807, 2.05) is 5.38 Å². The molecule has 174 valence electrons. The third-order valence-electron chi connectivity index (χ3n) is 5.72. The second-order valence-electron chi connectivity index (χ2n) is 7.90. The minimum atomic E-state index is -4.75. The number of methoxy groups -OCH3 is 1. The van der Waals surface area contributed by atoms with Crippen molar-refractivity contribution in [3.63, 3.8) is 0 Å². The van der Waals surface area contributed by atoms with Gasteiger partial charge in [-0.15, -0.1) is 24.5 Å². The van der Waals surface area contributed by atoms with Gasteiger partial charge in [0.25, 0.3) is 0 Å². The maximum Gasteiger partial charge on any atom is 0.573 e. The van der Waals surface area contributed by atoms with Crippen molar-refractivity contribution in [2.24, 2.45) is 0 Å². The Bertz CT molecular complexity index is 1460. The lowest BCUT2D eigenvalue weighted by Gasteiger charge is -2.22. The number of fused-ring (bicyclic) bond motifs is 2. The molecule has 1 unspecified atom stereocenters. The number of hydrogen-bond acceptors (Lipinski definition) is 6. The van der Waals surface area contributed by atoms with Crippen molar-refractivity contribution in [2.75, 3.05) is 7.11 Å². The van der Waals surface area contributed by atoms with Crippen molar-refractivity contribution in [3.8, 4) is 22.1 Å². The number of aromatic amines is 1. The number of ether oxygens (including phenoxy) is 2. The van der Waals surface area contributed by atoms with Gasteiger partial charge in [0.05, 0.1) is 23.9 Å². The van der Waals surface area contributed by atoms with Gasteiger partial charge in [-0.05, 0) is 42.8 Å². The highest BCUT2D eigenvalue weighted by Crippen LogP contribution is 2.35. The standard InChI is InChI=1S/C24H17F3N2O4S/c1-32-15-6-7-16-17(10-15)28-18-8-13(9-20(30)21(18)22(16)31)19-11-34-23(29-19)12-2-4-14(5-3-12)33-24(25,26)27/h2-7,10-11,13H,8-9H2,1H3,(H,28,31). The molecular weight excluding hydrogens is 469 g/mol. The largest absolute Gasteiger partial charge is 0.573 e. The molecule has 0 bridgehead atoms. The maximum atomic E-state index is 13.0. The Morgan fingerprint density at radius 3 is 2.50 bits per heavy atom. The molecule has 4 aromatic rings. The Balaban J connectivity index is 1.43. The number of carbonyl (C=O) groups is 1.